The van der Waals surface area contributed by atoms with E-state index < -0.39 is 0 Å². The Balaban J connectivity index is 1.73. The van der Waals surface area contributed by atoms with Gasteiger partial charge >= 0.3 is 0 Å². The van der Waals surface area contributed by atoms with Gasteiger partial charge in [0.25, 0.3) is 5.91 Å². The smallest absolute Gasteiger partial charge is 0.263 e. The zero-order chi connectivity index (χ0) is 19.5. The van der Waals surface area contributed by atoms with Gasteiger partial charge in [-0.25, -0.2) is 4.98 Å². The quantitative estimate of drug-likeness (QED) is 0.625. The number of rotatable bonds is 6. The minimum absolute atomic E-state index is 0.0141. The molecule has 0 bridgehead atoms. The number of fused-ring (bicyclic) bond motifs is 1. The number of carbonyl (C=O) groups excluding carboxylic acids is 1. The second-order valence-electron chi connectivity index (χ2n) is 6.58. The van der Waals surface area contributed by atoms with E-state index in [-0.39, 0.29) is 12.0 Å². The van der Waals surface area contributed by atoms with Crippen molar-refractivity contribution in [2.45, 2.75) is 18.9 Å². The van der Waals surface area contributed by atoms with Crippen molar-refractivity contribution in [2.75, 3.05) is 32.3 Å². The first-order chi connectivity index (χ1) is 13.7. The van der Waals surface area contributed by atoms with Gasteiger partial charge < -0.3 is 14.2 Å². The molecule has 0 radical (unpaired) electrons. The standard InChI is InChI=1S/C21H22N2O4S/c1-25-14-9-10-19-17(12-14)22-21(28-19)23(13-15-6-5-11-27-15)20(24)16-7-3-4-8-18(16)26-2/h3-4,7-10,12,15H,5-6,11,13H2,1-2H3. The summed E-state index contributed by atoms with van der Waals surface area (Å²) in [6.45, 7) is 1.20. The Morgan fingerprint density at radius 1 is 1.25 bits per heavy atom. The van der Waals surface area contributed by atoms with Gasteiger partial charge in [-0.15, -0.1) is 0 Å². The van der Waals surface area contributed by atoms with E-state index in [2.05, 4.69) is 0 Å². The lowest BCUT2D eigenvalue weighted by Crippen LogP contribution is -2.37. The summed E-state index contributed by atoms with van der Waals surface area (Å²) < 4.78 is 17.5. The highest BCUT2D eigenvalue weighted by Gasteiger charge is 2.28. The molecule has 0 aliphatic carbocycles. The molecule has 1 fully saturated rings. The van der Waals surface area contributed by atoms with Gasteiger partial charge in [-0.05, 0) is 37.1 Å². The summed E-state index contributed by atoms with van der Waals surface area (Å²) in [6.07, 6.45) is 1.97. The largest absolute Gasteiger partial charge is 0.497 e. The van der Waals surface area contributed by atoms with E-state index in [1.165, 1.54) is 11.3 Å². The van der Waals surface area contributed by atoms with E-state index in [4.69, 9.17) is 19.2 Å². The third-order valence-electron chi connectivity index (χ3n) is 4.81. The summed E-state index contributed by atoms with van der Waals surface area (Å²) >= 11 is 1.49. The highest BCUT2D eigenvalue weighted by atomic mass is 32.1. The van der Waals surface area contributed by atoms with E-state index in [1.54, 1.807) is 31.3 Å². The normalized spacial score (nSPS) is 16.3. The Kier molecular flexibility index (Phi) is 5.45. The van der Waals surface area contributed by atoms with Crippen molar-refractivity contribution in [1.82, 2.24) is 4.98 Å². The van der Waals surface area contributed by atoms with Crippen molar-refractivity contribution in [2.24, 2.45) is 0 Å². The third kappa shape index (κ3) is 3.68. The fraction of sp³-hybridized carbons (Fsp3) is 0.333. The molecule has 0 N–H and O–H groups in total. The molecular formula is C21H22N2O4S. The molecule has 0 spiro atoms. The number of nitrogens with zero attached hydrogens (tertiary/aromatic N) is 2. The Morgan fingerprint density at radius 3 is 2.86 bits per heavy atom. The summed E-state index contributed by atoms with van der Waals surface area (Å²) in [6, 6.07) is 13.0. The molecular weight excluding hydrogens is 376 g/mol. The number of ether oxygens (including phenoxy) is 3. The fourth-order valence-electron chi connectivity index (χ4n) is 3.34. The SMILES string of the molecule is COc1ccc2sc(N(CC3CCCO3)C(=O)c3ccccc3OC)nc2c1. The van der Waals surface area contributed by atoms with Crippen molar-refractivity contribution >= 4 is 32.6 Å². The molecule has 1 saturated heterocycles. The van der Waals surface area contributed by atoms with E-state index in [0.29, 0.717) is 23.0 Å². The Morgan fingerprint density at radius 2 is 2.11 bits per heavy atom. The van der Waals surface area contributed by atoms with Crippen LogP contribution in [-0.2, 0) is 4.74 Å². The molecule has 1 atom stereocenters. The van der Waals surface area contributed by atoms with Gasteiger partial charge in [-0.3, -0.25) is 9.69 Å². The highest BCUT2D eigenvalue weighted by molar-refractivity contribution is 7.22. The van der Waals surface area contributed by atoms with E-state index in [9.17, 15) is 4.79 Å². The van der Waals surface area contributed by atoms with Crippen LogP contribution in [0.25, 0.3) is 10.2 Å². The van der Waals surface area contributed by atoms with E-state index in [0.717, 1.165) is 35.4 Å². The second kappa shape index (κ2) is 8.16. The molecule has 28 heavy (non-hydrogen) atoms. The molecule has 1 aromatic heterocycles. The Bertz CT molecular complexity index is 981. The van der Waals surface area contributed by atoms with Crippen LogP contribution in [0.15, 0.2) is 42.5 Å². The Labute approximate surface area is 167 Å². The van der Waals surface area contributed by atoms with E-state index in [1.807, 2.05) is 30.3 Å². The lowest BCUT2D eigenvalue weighted by molar-refractivity contribution is 0.0915. The average Bonchev–Trinajstić information content (AvgIpc) is 3.40. The molecule has 2 heterocycles. The molecule has 7 heteroatoms. The first kappa shape index (κ1) is 18.7. The summed E-state index contributed by atoms with van der Waals surface area (Å²) in [7, 11) is 3.20. The minimum Gasteiger partial charge on any atom is -0.497 e. The zero-order valence-electron chi connectivity index (χ0n) is 15.9. The van der Waals surface area contributed by atoms with Crippen molar-refractivity contribution < 1.29 is 19.0 Å². The lowest BCUT2D eigenvalue weighted by Gasteiger charge is -2.23. The molecule has 0 saturated carbocycles. The lowest BCUT2D eigenvalue weighted by atomic mass is 10.1. The maximum Gasteiger partial charge on any atom is 0.263 e. The number of methoxy groups -OCH3 is 2. The van der Waals surface area contributed by atoms with Gasteiger partial charge in [0.2, 0.25) is 0 Å². The van der Waals surface area contributed by atoms with Gasteiger partial charge in [-0.2, -0.15) is 0 Å². The number of aromatic nitrogens is 1. The molecule has 6 nitrogen and oxygen atoms in total. The van der Waals surface area contributed by atoms with Crippen LogP contribution in [0, 0.1) is 0 Å². The number of amides is 1. The predicted octanol–water partition coefficient (Wildman–Crippen LogP) is 4.14. The molecule has 1 aliphatic rings. The molecule has 1 aliphatic heterocycles. The average molecular weight is 398 g/mol. The van der Waals surface area contributed by atoms with Crippen LogP contribution in [0.2, 0.25) is 0 Å². The molecule has 4 rings (SSSR count). The fourth-order valence-corrected chi connectivity index (χ4v) is 4.30. The molecule has 146 valence electrons. The van der Waals surface area contributed by atoms with Crippen molar-refractivity contribution in [3.05, 3.63) is 48.0 Å². The molecule has 3 aromatic rings. The van der Waals surface area contributed by atoms with Gasteiger partial charge in [0.05, 0.1) is 42.6 Å². The number of anilines is 1. The topological polar surface area (TPSA) is 60.9 Å². The summed E-state index contributed by atoms with van der Waals surface area (Å²) in [5.41, 5.74) is 1.32. The first-order valence-corrected chi connectivity index (χ1v) is 10.0. The van der Waals surface area contributed by atoms with Gasteiger partial charge in [0.1, 0.15) is 11.5 Å². The van der Waals surface area contributed by atoms with Crippen LogP contribution < -0.4 is 14.4 Å². The number of hydrogen-bond acceptors (Lipinski definition) is 6. The van der Waals surface area contributed by atoms with Gasteiger partial charge in [0, 0.05) is 12.7 Å². The van der Waals surface area contributed by atoms with Crippen LogP contribution in [0.4, 0.5) is 5.13 Å². The summed E-state index contributed by atoms with van der Waals surface area (Å²) in [5, 5.41) is 0.648. The number of carbonyl (C=O) groups is 1. The maximum absolute atomic E-state index is 13.4. The van der Waals surface area contributed by atoms with Crippen molar-refractivity contribution in [3.63, 3.8) is 0 Å². The maximum atomic E-state index is 13.4. The molecule has 1 unspecified atom stereocenters. The van der Waals surface area contributed by atoms with Crippen LogP contribution in [-0.4, -0.2) is 44.4 Å². The number of hydrogen-bond donors (Lipinski definition) is 0. The third-order valence-corrected chi connectivity index (χ3v) is 5.87. The van der Waals surface area contributed by atoms with Crippen molar-refractivity contribution in [1.29, 1.82) is 0 Å². The highest BCUT2D eigenvalue weighted by Crippen LogP contribution is 2.33. The van der Waals surface area contributed by atoms with E-state index >= 15 is 0 Å². The van der Waals surface area contributed by atoms with Crippen LogP contribution in [0.5, 0.6) is 11.5 Å². The number of thiazole rings is 1. The first-order valence-electron chi connectivity index (χ1n) is 9.20. The van der Waals surface area contributed by atoms with Crippen molar-refractivity contribution in [3.8, 4) is 11.5 Å². The number of benzene rings is 2. The molecule has 2 aromatic carbocycles. The predicted molar refractivity (Wildman–Crippen MR) is 110 cm³/mol. The molecule has 1 amide bonds. The van der Waals surface area contributed by atoms with Gasteiger partial charge in [0.15, 0.2) is 5.13 Å². The minimum atomic E-state index is -0.140. The monoisotopic (exact) mass is 398 g/mol. The summed E-state index contributed by atoms with van der Waals surface area (Å²) in [4.78, 5) is 19.9. The van der Waals surface area contributed by atoms with Gasteiger partial charge in [-0.1, -0.05) is 23.5 Å². The second-order valence-corrected chi connectivity index (χ2v) is 7.59. The van der Waals surface area contributed by atoms with Crippen LogP contribution >= 0.6 is 11.3 Å². The van der Waals surface area contributed by atoms with Crippen LogP contribution in [0.1, 0.15) is 23.2 Å². The van der Waals surface area contributed by atoms with Crippen LogP contribution in [0.3, 0.4) is 0 Å². The zero-order valence-corrected chi connectivity index (χ0v) is 16.7. The number of para-hydroxylation sites is 1. The Hall–Kier alpha value is -2.64. The summed E-state index contributed by atoms with van der Waals surface area (Å²) in [5.74, 6) is 1.15.